The smallest absolute Gasteiger partial charge is 0.343 e. The number of carbonyl (C=O) groups excluding carboxylic acids is 1. The van der Waals surface area contributed by atoms with Gasteiger partial charge >= 0.3 is 5.97 Å². The average molecular weight is 444 g/mol. The van der Waals surface area contributed by atoms with Crippen molar-refractivity contribution in [2.45, 2.75) is 26.4 Å². The molecule has 2 aromatic carbocycles. The molecule has 0 aliphatic carbocycles. The van der Waals surface area contributed by atoms with Crippen LogP contribution in [0.2, 0.25) is 0 Å². The number of nitrogens with one attached hydrogen (secondary N) is 2. The summed E-state index contributed by atoms with van der Waals surface area (Å²) in [5, 5.41) is 6.71. The van der Waals surface area contributed by atoms with Gasteiger partial charge in [0, 0.05) is 26.3 Å². The van der Waals surface area contributed by atoms with E-state index in [9.17, 15) is 4.79 Å². The van der Waals surface area contributed by atoms with E-state index >= 15 is 0 Å². The van der Waals surface area contributed by atoms with Gasteiger partial charge in [-0.25, -0.2) is 9.79 Å². The summed E-state index contributed by atoms with van der Waals surface area (Å²) in [6.45, 7) is 5.11. The molecule has 0 amide bonds. The molecule has 32 heavy (non-hydrogen) atoms. The van der Waals surface area contributed by atoms with Crippen molar-refractivity contribution in [3.63, 3.8) is 0 Å². The fourth-order valence-electron chi connectivity index (χ4n) is 2.73. The molecule has 0 saturated carbocycles. The lowest BCUT2D eigenvalue weighted by atomic mass is 10.2. The highest BCUT2D eigenvalue weighted by atomic mass is 16.6. The maximum absolute atomic E-state index is 11.3. The van der Waals surface area contributed by atoms with E-state index in [0.29, 0.717) is 38.0 Å². The Bertz CT molecular complexity index is 840. The normalized spacial score (nSPS) is 11.0. The van der Waals surface area contributed by atoms with Crippen LogP contribution < -0.4 is 20.1 Å². The van der Waals surface area contributed by atoms with Crippen molar-refractivity contribution in [2.75, 3.05) is 40.6 Å². The van der Waals surface area contributed by atoms with Crippen molar-refractivity contribution in [2.24, 2.45) is 4.99 Å². The number of esters is 1. The molecule has 0 heterocycles. The number of ether oxygens (including phenoxy) is 4. The Morgan fingerprint density at radius 1 is 1.00 bits per heavy atom. The first-order chi connectivity index (χ1) is 15.6. The fraction of sp³-hybridized carbons (Fsp3) is 0.417. The molecule has 0 spiro atoms. The second-order valence-corrected chi connectivity index (χ2v) is 6.86. The van der Waals surface area contributed by atoms with Crippen LogP contribution in [0, 0.1) is 0 Å². The van der Waals surface area contributed by atoms with E-state index in [1.165, 1.54) is 7.11 Å². The molecule has 2 aromatic rings. The molecule has 0 aliphatic rings. The number of hydrogen-bond acceptors (Lipinski definition) is 6. The lowest BCUT2D eigenvalue weighted by Gasteiger charge is -2.13. The van der Waals surface area contributed by atoms with Crippen LogP contribution >= 0.6 is 0 Å². The van der Waals surface area contributed by atoms with Crippen molar-refractivity contribution in [3.05, 3.63) is 59.7 Å². The minimum atomic E-state index is -0.422. The molecule has 0 radical (unpaired) electrons. The van der Waals surface area contributed by atoms with Crippen LogP contribution in [0.5, 0.6) is 11.5 Å². The SMILES string of the molecule is CCOCCCNC(=NCc1cccc(OCC(=O)OC)c1)NCc1ccc(OC)cc1. The zero-order valence-electron chi connectivity index (χ0n) is 19.1. The first-order valence-corrected chi connectivity index (χ1v) is 10.7. The van der Waals surface area contributed by atoms with Gasteiger partial charge in [-0.05, 0) is 48.7 Å². The van der Waals surface area contributed by atoms with Crippen molar-refractivity contribution >= 4 is 11.9 Å². The maximum Gasteiger partial charge on any atom is 0.343 e. The quantitative estimate of drug-likeness (QED) is 0.213. The molecule has 8 heteroatoms. The second kappa shape index (κ2) is 14.7. The highest BCUT2D eigenvalue weighted by Gasteiger charge is 2.04. The molecule has 0 saturated heterocycles. The van der Waals surface area contributed by atoms with E-state index in [4.69, 9.17) is 19.2 Å². The Morgan fingerprint density at radius 3 is 2.53 bits per heavy atom. The van der Waals surface area contributed by atoms with Gasteiger partial charge in [0.15, 0.2) is 12.6 Å². The third kappa shape index (κ3) is 9.70. The van der Waals surface area contributed by atoms with Gasteiger partial charge in [0.2, 0.25) is 0 Å². The number of methoxy groups -OCH3 is 2. The summed E-state index contributed by atoms with van der Waals surface area (Å²) < 4.78 is 20.7. The Hall–Kier alpha value is -3.26. The van der Waals surface area contributed by atoms with Crippen LogP contribution in [0.3, 0.4) is 0 Å². The van der Waals surface area contributed by atoms with Crippen LogP contribution in [0.1, 0.15) is 24.5 Å². The summed E-state index contributed by atoms with van der Waals surface area (Å²) >= 11 is 0. The average Bonchev–Trinajstić information content (AvgIpc) is 2.84. The number of guanidine groups is 1. The van der Waals surface area contributed by atoms with Crippen LogP contribution in [0.4, 0.5) is 0 Å². The molecule has 0 unspecified atom stereocenters. The fourth-order valence-corrected chi connectivity index (χ4v) is 2.73. The van der Waals surface area contributed by atoms with Crippen molar-refractivity contribution in [3.8, 4) is 11.5 Å². The zero-order valence-corrected chi connectivity index (χ0v) is 19.1. The number of rotatable bonds is 13. The highest BCUT2D eigenvalue weighted by molar-refractivity contribution is 5.79. The van der Waals surface area contributed by atoms with Gasteiger partial charge in [-0.1, -0.05) is 24.3 Å². The number of hydrogen-bond donors (Lipinski definition) is 2. The minimum absolute atomic E-state index is 0.126. The summed E-state index contributed by atoms with van der Waals surface area (Å²) in [5.41, 5.74) is 2.08. The van der Waals surface area contributed by atoms with Crippen molar-refractivity contribution in [1.29, 1.82) is 0 Å². The van der Waals surface area contributed by atoms with Gasteiger partial charge < -0.3 is 29.6 Å². The third-order valence-corrected chi connectivity index (χ3v) is 4.48. The van der Waals surface area contributed by atoms with Gasteiger partial charge in [-0.2, -0.15) is 0 Å². The number of carbonyl (C=O) groups is 1. The number of nitrogens with zero attached hydrogens (tertiary/aromatic N) is 1. The molecule has 2 rings (SSSR count). The van der Waals surface area contributed by atoms with E-state index < -0.39 is 5.97 Å². The van der Waals surface area contributed by atoms with Gasteiger partial charge in [-0.15, -0.1) is 0 Å². The van der Waals surface area contributed by atoms with E-state index in [2.05, 4.69) is 15.4 Å². The first kappa shape index (κ1) is 25.0. The van der Waals surface area contributed by atoms with E-state index in [0.717, 1.165) is 29.8 Å². The molecule has 2 N–H and O–H groups in total. The minimum Gasteiger partial charge on any atom is -0.497 e. The summed E-state index contributed by atoms with van der Waals surface area (Å²) in [6, 6.07) is 15.4. The molecule has 0 bridgehead atoms. The standard InChI is InChI=1S/C24H33N3O5/c1-4-31-14-6-13-25-24(26-16-19-9-11-21(29-2)12-10-19)27-17-20-7-5-8-22(15-20)32-18-23(28)30-3/h5,7-12,15H,4,6,13-14,16-18H2,1-3H3,(H2,25,26,27). The summed E-state index contributed by atoms with van der Waals surface area (Å²) in [6.07, 6.45) is 0.883. The Labute approximate surface area is 189 Å². The predicted molar refractivity (Wildman–Crippen MR) is 124 cm³/mol. The van der Waals surface area contributed by atoms with E-state index in [-0.39, 0.29) is 6.61 Å². The van der Waals surface area contributed by atoms with Crippen LogP contribution in [-0.4, -0.2) is 52.5 Å². The van der Waals surface area contributed by atoms with Gasteiger partial charge in [0.05, 0.1) is 20.8 Å². The topological polar surface area (TPSA) is 90.4 Å². The Morgan fingerprint density at radius 2 is 1.81 bits per heavy atom. The lowest BCUT2D eigenvalue weighted by Crippen LogP contribution is -2.37. The molecule has 0 aromatic heterocycles. The van der Waals surface area contributed by atoms with Gasteiger partial charge in [0.1, 0.15) is 11.5 Å². The van der Waals surface area contributed by atoms with Crippen LogP contribution in [0.15, 0.2) is 53.5 Å². The Balaban J connectivity index is 1.97. The van der Waals surface area contributed by atoms with Crippen molar-refractivity contribution < 1.29 is 23.7 Å². The van der Waals surface area contributed by atoms with E-state index in [1.807, 2.05) is 49.4 Å². The Kier molecular flexibility index (Phi) is 11.5. The van der Waals surface area contributed by atoms with Crippen LogP contribution in [0.25, 0.3) is 0 Å². The number of aliphatic imine (C=N–C) groups is 1. The molecule has 174 valence electrons. The molecular formula is C24H33N3O5. The molecule has 8 nitrogen and oxygen atoms in total. The largest absolute Gasteiger partial charge is 0.497 e. The van der Waals surface area contributed by atoms with Gasteiger partial charge in [-0.3, -0.25) is 0 Å². The maximum atomic E-state index is 11.3. The molecule has 0 fully saturated rings. The van der Waals surface area contributed by atoms with Crippen LogP contribution in [-0.2, 0) is 27.4 Å². The monoisotopic (exact) mass is 443 g/mol. The third-order valence-electron chi connectivity index (χ3n) is 4.48. The highest BCUT2D eigenvalue weighted by Crippen LogP contribution is 2.14. The number of benzene rings is 2. The van der Waals surface area contributed by atoms with Gasteiger partial charge in [0.25, 0.3) is 0 Å². The molecular weight excluding hydrogens is 410 g/mol. The first-order valence-electron chi connectivity index (χ1n) is 10.7. The van der Waals surface area contributed by atoms with Crippen molar-refractivity contribution in [1.82, 2.24) is 10.6 Å². The second-order valence-electron chi connectivity index (χ2n) is 6.86. The summed E-state index contributed by atoms with van der Waals surface area (Å²) in [4.78, 5) is 16.0. The zero-order chi connectivity index (χ0) is 23.0. The lowest BCUT2D eigenvalue weighted by molar-refractivity contribution is -0.142. The van der Waals surface area contributed by atoms with E-state index in [1.54, 1.807) is 13.2 Å². The summed E-state index contributed by atoms with van der Waals surface area (Å²) in [7, 11) is 2.98. The molecule has 0 atom stereocenters. The predicted octanol–water partition coefficient (Wildman–Crippen LogP) is 2.91. The summed E-state index contributed by atoms with van der Waals surface area (Å²) in [5.74, 6) is 1.71. The molecule has 0 aliphatic heterocycles.